The number of nitrogens with one attached hydrogen (secondary N) is 1. The number of rotatable bonds is 4. The molecule has 1 amide bonds. The number of carbonyl (C=O) groups excluding carboxylic acids is 2. The summed E-state index contributed by atoms with van der Waals surface area (Å²) in [5.74, 6) is -0.446. The molecule has 0 aliphatic carbocycles. The van der Waals surface area contributed by atoms with E-state index in [1.54, 1.807) is 12.3 Å². The average Bonchev–Trinajstić information content (AvgIpc) is 2.93. The normalized spacial score (nSPS) is 14.4. The molecule has 1 aliphatic rings. The van der Waals surface area contributed by atoms with Gasteiger partial charge in [0.05, 0.1) is 18.7 Å². The molecule has 3 heterocycles. The Morgan fingerprint density at radius 3 is 2.68 bits per heavy atom. The van der Waals surface area contributed by atoms with Crippen molar-refractivity contribution in [2.75, 3.05) is 13.1 Å². The van der Waals surface area contributed by atoms with Gasteiger partial charge in [-0.3, -0.25) is 9.59 Å². The van der Waals surface area contributed by atoms with Gasteiger partial charge in [-0.15, -0.1) is 0 Å². The maximum atomic E-state index is 12.7. The summed E-state index contributed by atoms with van der Waals surface area (Å²) in [5.41, 5.74) is 2.02. The SMILES string of the molecule is Cc1[nH]c2ccccc2c1C(=O)C(=O)N1CC(Oc2ccccn2)C1. The minimum Gasteiger partial charge on any atom is -0.471 e. The second-order valence-corrected chi connectivity index (χ2v) is 6.12. The molecule has 1 fully saturated rings. The number of hydrogen-bond donors (Lipinski definition) is 1. The van der Waals surface area contributed by atoms with Crippen molar-refractivity contribution in [2.45, 2.75) is 13.0 Å². The number of ketones is 1. The van der Waals surface area contributed by atoms with Crippen molar-refractivity contribution >= 4 is 22.6 Å². The van der Waals surface area contributed by atoms with Crippen LogP contribution in [-0.2, 0) is 4.79 Å². The maximum absolute atomic E-state index is 12.7. The van der Waals surface area contributed by atoms with Gasteiger partial charge in [0.1, 0.15) is 6.10 Å². The van der Waals surface area contributed by atoms with Crippen molar-refractivity contribution < 1.29 is 14.3 Å². The molecular weight excluding hydrogens is 318 g/mol. The highest BCUT2D eigenvalue weighted by Crippen LogP contribution is 2.24. The molecule has 0 bridgehead atoms. The minimum absolute atomic E-state index is 0.129. The standard InChI is InChI=1S/C19H17N3O3/c1-12-17(14-6-2-3-7-15(14)21-12)18(23)19(24)22-10-13(11-22)25-16-8-4-5-9-20-16/h2-9,13,21H,10-11H2,1H3. The highest BCUT2D eigenvalue weighted by atomic mass is 16.5. The van der Waals surface area contributed by atoms with E-state index in [1.165, 1.54) is 4.90 Å². The van der Waals surface area contributed by atoms with Gasteiger partial charge in [0.15, 0.2) is 0 Å². The number of likely N-dealkylation sites (tertiary alicyclic amines) is 1. The third kappa shape index (κ3) is 2.76. The van der Waals surface area contributed by atoms with E-state index in [4.69, 9.17) is 4.74 Å². The fourth-order valence-corrected chi connectivity index (χ4v) is 3.09. The number of nitrogens with zero attached hydrogens (tertiary/aromatic N) is 2. The molecule has 1 aliphatic heterocycles. The van der Waals surface area contributed by atoms with Crippen LogP contribution in [0, 0.1) is 6.92 Å². The van der Waals surface area contributed by atoms with Crippen LogP contribution >= 0.6 is 0 Å². The number of carbonyl (C=O) groups is 2. The number of aryl methyl sites for hydroxylation is 1. The molecule has 126 valence electrons. The lowest BCUT2D eigenvalue weighted by Crippen LogP contribution is -2.58. The molecule has 2 aromatic heterocycles. The zero-order chi connectivity index (χ0) is 17.4. The fourth-order valence-electron chi connectivity index (χ4n) is 3.09. The van der Waals surface area contributed by atoms with Crippen molar-refractivity contribution in [3.8, 4) is 5.88 Å². The molecule has 0 saturated carbocycles. The molecule has 1 N–H and O–H groups in total. The highest BCUT2D eigenvalue weighted by molar-refractivity contribution is 6.45. The number of aromatic nitrogens is 2. The summed E-state index contributed by atoms with van der Waals surface area (Å²) in [6, 6.07) is 12.9. The highest BCUT2D eigenvalue weighted by Gasteiger charge is 2.37. The molecule has 0 unspecified atom stereocenters. The van der Waals surface area contributed by atoms with Crippen LogP contribution < -0.4 is 4.74 Å². The Balaban J connectivity index is 1.45. The van der Waals surface area contributed by atoms with Crippen LogP contribution in [0.5, 0.6) is 5.88 Å². The Kier molecular flexibility index (Phi) is 3.72. The van der Waals surface area contributed by atoms with Gasteiger partial charge in [0.25, 0.3) is 11.7 Å². The number of ether oxygens (including phenoxy) is 1. The monoisotopic (exact) mass is 335 g/mol. The van der Waals surface area contributed by atoms with E-state index in [0.29, 0.717) is 30.2 Å². The Labute approximate surface area is 144 Å². The lowest BCUT2D eigenvalue weighted by Gasteiger charge is -2.38. The van der Waals surface area contributed by atoms with Crippen LogP contribution in [0.15, 0.2) is 48.7 Å². The second kappa shape index (κ2) is 6.05. The quantitative estimate of drug-likeness (QED) is 0.586. The first kappa shape index (κ1) is 15.4. The van der Waals surface area contributed by atoms with Crippen molar-refractivity contribution in [3.63, 3.8) is 0 Å². The van der Waals surface area contributed by atoms with Crippen LogP contribution in [0.2, 0.25) is 0 Å². The van der Waals surface area contributed by atoms with Gasteiger partial charge < -0.3 is 14.6 Å². The summed E-state index contributed by atoms with van der Waals surface area (Å²) in [6.07, 6.45) is 1.52. The fraction of sp³-hybridized carbons (Fsp3) is 0.211. The number of fused-ring (bicyclic) bond motifs is 1. The number of amides is 1. The van der Waals surface area contributed by atoms with E-state index in [9.17, 15) is 9.59 Å². The summed E-state index contributed by atoms with van der Waals surface area (Å²) in [7, 11) is 0. The first-order valence-electron chi connectivity index (χ1n) is 8.12. The molecule has 0 radical (unpaired) electrons. The molecule has 1 saturated heterocycles. The van der Waals surface area contributed by atoms with E-state index in [0.717, 1.165) is 10.9 Å². The molecule has 3 aromatic rings. The van der Waals surface area contributed by atoms with Gasteiger partial charge in [-0.25, -0.2) is 4.98 Å². The van der Waals surface area contributed by atoms with Crippen LogP contribution in [0.4, 0.5) is 0 Å². The molecule has 0 spiro atoms. The third-order valence-corrected chi connectivity index (χ3v) is 4.38. The molecule has 4 rings (SSSR count). The molecule has 6 heteroatoms. The predicted molar refractivity (Wildman–Crippen MR) is 92.6 cm³/mol. The minimum atomic E-state index is -0.492. The number of aromatic amines is 1. The Morgan fingerprint density at radius 1 is 1.16 bits per heavy atom. The summed E-state index contributed by atoms with van der Waals surface area (Å²) >= 11 is 0. The number of pyridine rings is 1. The van der Waals surface area contributed by atoms with Crippen LogP contribution in [0.1, 0.15) is 16.1 Å². The zero-order valence-electron chi connectivity index (χ0n) is 13.7. The van der Waals surface area contributed by atoms with Gasteiger partial charge in [0, 0.05) is 28.9 Å². The van der Waals surface area contributed by atoms with Crippen LogP contribution in [0.25, 0.3) is 10.9 Å². The third-order valence-electron chi connectivity index (χ3n) is 4.38. The predicted octanol–water partition coefficient (Wildman–Crippen LogP) is 2.34. The Morgan fingerprint density at radius 2 is 1.92 bits per heavy atom. The zero-order valence-corrected chi connectivity index (χ0v) is 13.7. The number of benzene rings is 1. The molecule has 1 aromatic carbocycles. The summed E-state index contributed by atoms with van der Waals surface area (Å²) in [5, 5.41) is 0.778. The van der Waals surface area contributed by atoms with Gasteiger partial charge in [-0.05, 0) is 19.1 Å². The van der Waals surface area contributed by atoms with Gasteiger partial charge in [0.2, 0.25) is 5.88 Å². The molecular formula is C19H17N3O3. The van der Waals surface area contributed by atoms with Crippen molar-refractivity contribution in [1.82, 2.24) is 14.9 Å². The van der Waals surface area contributed by atoms with E-state index in [1.807, 2.05) is 43.3 Å². The smallest absolute Gasteiger partial charge is 0.295 e. The van der Waals surface area contributed by atoms with Crippen molar-refractivity contribution in [2.24, 2.45) is 0 Å². The van der Waals surface area contributed by atoms with E-state index in [-0.39, 0.29) is 6.10 Å². The van der Waals surface area contributed by atoms with E-state index < -0.39 is 11.7 Å². The van der Waals surface area contributed by atoms with Crippen LogP contribution in [0.3, 0.4) is 0 Å². The summed E-state index contributed by atoms with van der Waals surface area (Å²) < 4.78 is 5.67. The molecule has 0 atom stereocenters. The van der Waals surface area contributed by atoms with E-state index in [2.05, 4.69) is 9.97 Å². The topological polar surface area (TPSA) is 75.3 Å². The van der Waals surface area contributed by atoms with E-state index >= 15 is 0 Å². The first-order valence-corrected chi connectivity index (χ1v) is 8.12. The number of hydrogen-bond acceptors (Lipinski definition) is 4. The number of para-hydroxylation sites is 1. The van der Waals surface area contributed by atoms with Crippen molar-refractivity contribution in [1.29, 1.82) is 0 Å². The Bertz CT molecular complexity index is 943. The van der Waals surface area contributed by atoms with Gasteiger partial charge >= 0.3 is 0 Å². The van der Waals surface area contributed by atoms with Gasteiger partial charge in [-0.2, -0.15) is 0 Å². The van der Waals surface area contributed by atoms with Gasteiger partial charge in [-0.1, -0.05) is 24.3 Å². The van der Waals surface area contributed by atoms with Crippen LogP contribution in [-0.4, -0.2) is 45.8 Å². The molecule has 6 nitrogen and oxygen atoms in total. The number of Topliss-reactive ketones (excluding diaryl/α,β-unsaturated/α-hetero) is 1. The summed E-state index contributed by atoms with van der Waals surface area (Å²) in [4.78, 5) is 33.9. The molecule has 25 heavy (non-hydrogen) atoms. The first-order chi connectivity index (χ1) is 12.1. The van der Waals surface area contributed by atoms with Crippen molar-refractivity contribution in [3.05, 3.63) is 59.9 Å². The largest absolute Gasteiger partial charge is 0.471 e. The summed E-state index contributed by atoms with van der Waals surface area (Å²) in [6.45, 7) is 2.59. The Hall–Kier alpha value is -3.15. The number of H-pyrrole nitrogens is 1. The lowest BCUT2D eigenvalue weighted by molar-refractivity contribution is -0.134. The average molecular weight is 335 g/mol. The lowest BCUT2D eigenvalue weighted by atomic mass is 10.0. The maximum Gasteiger partial charge on any atom is 0.295 e. The second-order valence-electron chi connectivity index (χ2n) is 6.12.